The minimum absolute atomic E-state index is 0.221. The molecule has 4 nitrogen and oxygen atoms in total. The van der Waals surface area contributed by atoms with E-state index in [1.54, 1.807) is 7.11 Å². The van der Waals surface area contributed by atoms with Crippen molar-refractivity contribution in [2.45, 2.75) is 63.8 Å². The number of carbonyl (C=O) groups is 1. The number of benzene rings is 1. The number of hydrogen-bond acceptors (Lipinski definition) is 3. The number of hydrogen-bond donors (Lipinski definition) is 1. The second-order valence-electron chi connectivity index (χ2n) is 7.96. The minimum atomic E-state index is -0.359. The molecule has 1 saturated carbocycles. The van der Waals surface area contributed by atoms with Crippen LogP contribution in [0.15, 0.2) is 18.2 Å². The van der Waals surface area contributed by atoms with Crippen LogP contribution in [0.1, 0.15) is 56.6 Å². The Morgan fingerprint density at radius 1 is 1.28 bits per heavy atom. The fourth-order valence-corrected chi connectivity index (χ4v) is 4.65. The Balaban J connectivity index is 1.84. The second-order valence-corrected chi connectivity index (χ2v) is 7.96. The molecule has 1 aromatic carbocycles. The van der Waals surface area contributed by atoms with Gasteiger partial charge in [0, 0.05) is 19.1 Å². The summed E-state index contributed by atoms with van der Waals surface area (Å²) in [7, 11) is 1.70. The molecule has 0 radical (unpaired) electrons. The van der Waals surface area contributed by atoms with Crippen molar-refractivity contribution in [3.63, 3.8) is 0 Å². The predicted octanol–water partition coefficient (Wildman–Crippen LogP) is 3.40. The number of aryl methyl sites for hydroxylation is 1. The SMILES string of the molecule is COc1cc(C2(C(=O)N3CCC(C(C)N)CC3)CCCC2)ccc1C. The summed E-state index contributed by atoms with van der Waals surface area (Å²) < 4.78 is 5.52. The molecule has 3 rings (SSSR count). The standard InChI is InChI=1S/C21H32N2O2/c1-15-6-7-18(14-19(15)25-3)21(10-4-5-11-21)20(24)23-12-8-17(9-13-23)16(2)22/h6-7,14,16-17H,4-5,8-13,22H2,1-3H3. The molecule has 1 saturated heterocycles. The van der Waals surface area contributed by atoms with Crippen molar-refractivity contribution < 1.29 is 9.53 Å². The van der Waals surface area contributed by atoms with Crippen molar-refractivity contribution in [3.05, 3.63) is 29.3 Å². The van der Waals surface area contributed by atoms with Gasteiger partial charge in [0.15, 0.2) is 0 Å². The van der Waals surface area contributed by atoms with Gasteiger partial charge < -0.3 is 15.4 Å². The van der Waals surface area contributed by atoms with E-state index in [1.807, 2.05) is 6.92 Å². The first-order valence-electron chi connectivity index (χ1n) is 9.68. The lowest BCUT2D eigenvalue weighted by Gasteiger charge is -2.39. The number of nitrogens with two attached hydrogens (primary N) is 1. The fourth-order valence-electron chi connectivity index (χ4n) is 4.65. The van der Waals surface area contributed by atoms with E-state index in [0.29, 0.717) is 11.8 Å². The monoisotopic (exact) mass is 344 g/mol. The van der Waals surface area contributed by atoms with Gasteiger partial charge in [-0.3, -0.25) is 4.79 Å². The van der Waals surface area contributed by atoms with Crippen molar-refractivity contribution in [2.24, 2.45) is 11.7 Å². The molecule has 1 amide bonds. The molecule has 1 atom stereocenters. The molecule has 25 heavy (non-hydrogen) atoms. The number of carbonyl (C=O) groups excluding carboxylic acids is 1. The molecule has 0 bridgehead atoms. The minimum Gasteiger partial charge on any atom is -0.496 e. The molecule has 4 heteroatoms. The first kappa shape index (κ1) is 18.2. The molecule has 1 heterocycles. The quantitative estimate of drug-likeness (QED) is 0.911. The number of methoxy groups -OCH3 is 1. The molecule has 1 aromatic rings. The highest BCUT2D eigenvalue weighted by Gasteiger charge is 2.45. The van der Waals surface area contributed by atoms with Gasteiger partial charge in [-0.1, -0.05) is 25.0 Å². The van der Waals surface area contributed by atoms with Crippen LogP contribution in [0.3, 0.4) is 0 Å². The zero-order valence-electron chi connectivity index (χ0n) is 15.9. The van der Waals surface area contributed by atoms with Crippen LogP contribution in [0.2, 0.25) is 0 Å². The van der Waals surface area contributed by atoms with Gasteiger partial charge in [0.2, 0.25) is 5.91 Å². The first-order chi connectivity index (χ1) is 12.0. The van der Waals surface area contributed by atoms with Gasteiger partial charge in [0.1, 0.15) is 5.75 Å². The number of ether oxygens (including phenoxy) is 1. The molecule has 138 valence electrons. The van der Waals surface area contributed by atoms with Crippen LogP contribution in [-0.4, -0.2) is 37.0 Å². The Morgan fingerprint density at radius 2 is 1.92 bits per heavy atom. The van der Waals surface area contributed by atoms with Crippen LogP contribution >= 0.6 is 0 Å². The maximum Gasteiger partial charge on any atom is 0.233 e. The number of likely N-dealkylation sites (tertiary alicyclic amines) is 1. The van der Waals surface area contributed by atoms with Crippen LogP contribution in [0, 0.1) is 12.8 Å². The van der Waals surface area contributed by atoms with Crippen LogP contribution in [-0.2, 0) is 10.2 Å². The zero-order chi connectivity index (χ0) is 18.0. The van der Waals surface area contributed by atoms with E-state index >= 15 is 0 Å². The largest absolute Gasteiger partial charge is 0.496 e. The summed E-state index contributed by atoms with van der Waals surface area (Å²) >= 11 is 0. The van der Waals surface area contributed by atoms with Gasteiger partial charge in [-0.05, 0) is 62.6 Å². The summed E-state index contributed by atoms with van der Waals surface area (Å²) in [5.41, 5.74) is 7.94. The molecule has 2 aliphatic rings. The predicted molar refractivity (Wildman–Crippen MR) is 101 cm³/mol. The molecule has 1 aliphatic carbocycles. The smallest absolute Gasteiger partial charge is 0.233 e. The maximum atomic E-state index is 13.5. The Labute approximate surface area is 151 Å². The van der Waals surface area contributed by atoms with Gasteiger partial charge in [0.05, 0.1) is 12.5 Å². The lowest BCUT2D eigenvalue weighted by molar-refractivity contribution is -0.138. The van der Waals surface area contributed by atoms with Crippen LogP contribution < -0.4 is 10.5 Å². The number of nitrogens with zero attached hydrogens (tertiary/aromatic N) is 1. The van der Waals surface area contributed by atoms with E-state index < -0.39 is 0 Å². The lowest BCUT2D eigenvalue weighted by Crippen LogP contribution is -2.50. The van der Waals surface area contributed by atoms with Gasteiger partial charge in [-0.25, -0.2) is 0 Å². The molecule has 2 N–H and O–H groups in total. The van der Waals surface area contributed by atoms with E-state index in [1.165, 1.54) is 0 Å². The molecular formula is C21H32N2O2. The third-order valence-electron chi connectivity index (χ3n) is 6.40. The summed E-state index contributed by atoms with van der Waals surface area (Å²) in [6.45, 7) is 5.81. The van der Waals surface area contributed by atoms with Gasteiger partial charge in [-0.2, -0.15) is 0 Å². The van der Waals surface area contributed by atoms with Gasteiger partial charge in [-0.15, -0.1) is 0 Å². The third-order valence-corrected chi connectivity index (χ3v) is 6.40. The summed E-state index contributed by atoms with van der Waals surface area (Å²) in [6, 6.07) is 6.53. The van der Waals surface area contributed by atoms with Gasteiger partial charge in [0.25, 0.3) is 0 Å². The topological polar surface area (TPSA) is 55.6 Å². The van der Waals surface area contributed by atoms with Crippen LogP contribution in [0.4, 0.5) is 0 Å². The Morgan fingerprint density at radius 3 is 2.48 bits per heavy atom. The summed E-state index contributed by atoms with van der Waals surface area (Å²) in [4.78, 5) is 15.6. The highest BCUT2D eigenvalue weighted by atomic mass is 16.5. The van der Waals surface area contributed by atoms with E-state index in [2.05, 4.69) is 30.0 Å². The van der Waals surface area contributed by atoms with Gasteiger partial charge >= 0.3 is 0 Å². The highest BCUT2D eigenvalue weighted by Crippen LogP contribution is 2.44. The number of rotatable bonds is 4. The molecule has 1 aliphatic heterocycles. The van der Waals surface area contributed by atoms with Crippen molar-refractivity contribution in [3.8, 4) is 5.75 Å². The van der Waals surface area contributed by atoms with E-state index in [9.17, 15) is 4.79 Å². The van der Waals surface area contributed by atoms with Crippen LogP contribution in [0.5, 0.6) is 5.75 Å². The molecule has 0 spiro atoms. The summed E-state index contributed by atoms with van der Waals surface area (Å²) in [5.74, 6) is 1.74. The maximum absolute atomic E-state index is 13.5. The Hall–Kier alpha value is -1.55. The van der Waals surface area contributed by atoms with E-state index in [-0.39, 0.29) is 11.5 Å². The average Bonchev–Trinajstić information content (AvgIpc) is 3.12. The van der Waals surface area contributed by atoms with Crippen molar-refractivity contribution in [1.29, 1.82) is 0 Å². The van der Waals surface area contributed by atoms with Crippen molar-refractivity contribution in [1.82, 2.24) is 4.90 Å². The summed E-state index contributed by atoms with van der Waals surface area (Å²) in [6.07, 6.45) is 6.19. The third kappa shape index (κ3) is 3.41. The van der Waals surface area contributed by atoms with Crippen molar-refractivity contribution in [2.75, 3.05) is 20.2 Å². The van der Waals surface area contributed by atoms with Crippen LogP contribution in [0.25, 0.3) is 0 Å². The number of amides is 1. The number of piperidine rings is 1. The first-order valence-corrected chi connectivity index (χ1v) is 9.68. The molecular weight excluding hydrogens is 312 g/mol. The second kappa shape index (κ2) is 7.36. The molecule has 0 aromatic heterocycles. The molecule has 2 fully saturated rings. The fraction of sp³-hybridized carbons (Fsp3) is 0.667. The lowest BCUT2D eigenvalue weighted by atomic mass is 9.76. The van der Waals surface area contributed by atoms with Crippen molar-refractivity contribution >= 4 is 5.91 Å². The summed E-state index contributed by atoms with van der Waals surface area (Å²) in [5, 5.41) is 0. The highest BCUT2D eigenvalue weighted by molar-refractivity contribution is 5.89. The Bertz CT molecular complexity index is 612. The van der Waals surface area contributed by atoms with E-state index in [0.717, 1.165) is 68.5 Å². The average molecular weight is 344 g/mol. The normalized spacial score (nSPS) is 22.0. The zero-order valence-corrected chi connectivity index (χ0v) is 15.9. The molecule has 1 unspecified atom stereocenters. The van der Waals surface area contributed by atoms with E-state index in [4.69, 9.17) is 10.5 Å². The Kier molecular flexibility index (Phi) is 5.38.